The standard InChI is InChI=1S/C16H33N.C2H6/c1-4-5-6-7-8-9-10-11-12-13-14-15-16-17(2)3;1-2/h15-16H,4-14H2,1-3H3;1-2H3. The van der Waals surface area contributed by atoms with Gasteiger partial charge in [0.05, 0.1) is 0 Å². The molecule has 0 aromatic heterocycles. The van der Waals surface area contributed by atoms with Crippen LogP contribution in [0.5, 0.6) is 0 Å². The molecule has 1 heteroatoms. The minimum atomic E-state index is 1.24. The average molecular weight is 270 g/mol. The highest BCUT2D eigenvalue weighted by Gasteiger charge is 1.91. The Morgan fingerprint density at radius 3 is 1.53 bits per heavy atom. The summed E-state index contributed by atoms with van der Waals surface area (Å²) >= 11 is 0. The third-order valence-corrected chi connectivity index (χ3v) is 3.13. The van der Waals surface area contributed by atoms with Crippen LogP contribution in [0.1, 0.15) is 91.4 Å². The fourth-order valence-electron chi connectivity index (χ4n) is 2.03. The molecule has 0 rings (SSSR count). The first-order valence-electron chi connectivity index (χ1n) is 8.60. The molecule has 0 aromatic rings. The van der Waals surface area contributed by atoms with E-state index in [1.165, 1.54) is 70.6 Å². The molecule has 0 atom stereocenters. The number of nitrogens with zero attached hydrogens (tertiary/aromatic N) is 1. The highest BCUT2D eigenvalue weighted by atomic mass is 15.0. The second-order valence-electron chi connectivity index (χ2n) is 5.32. The van der Waals surface area contributed by atoms with Gasteiger partial charge in [0, 0.05) is 14.1 Å². The van der Waals surface area contributed by atoms with Gasteiger partial charge in [-0.2, -0.15) is 0 Å². The van der Waals surface area contributed by atoms with Crippen molar-refractivity contribution >= 4 is 0 Å². The Balaban J connectivity index is 0. The minimum absolute atomic E-state index is 1.24. The zero-order chi connectivity index (χ0) is 14.8. The number of hydrogen-bond acceptors (Lipinski definition) is 1. The van der Waals surface area contributed by atoms with E-state index in [2.05, 4.69) is 38.2 Å². The second kappa shape index (κ2) is 19.9. The van der Waals surface area contributed by atoms with E-state index in [1.54, 1.807) is 0 Å². The minimum Gasteiger partial charge on any atom is -0.384 e. The summed E-state index contributed by atoms with van der Waals surface area (Å²) in [5.41, 5.74) is 0. The summed E-state index contributed by atoms with van der Waals surface area (Å²) in [6.07, 6.45) is 20.0. The van der Waals surface area contributed by atoms with Gasteiger partial charge in [-0.1, -0.05) is 84.6 Å². The van der Waals surface area contributed by atoms with Crippen LogP contribution < -0.4 is 0 Å². The maximum absolute atomic E-state index is 2.28. The first-order chi connectivity index (χ1) is 9.27. The Labute approximate surface area is 123 Å². The molecule has 0 radical (unpaired) electrons. The van der Waals surface area contributed by atoms with E-state index in [0.29, 0.717) is 0 Å². The van der Waals surface area contributed by atoms with Crippen LogP contribution in [0.3, 0.4) is 0 Å². The predicted molar refractivity (Wildman–Crippen MR) is 90.6 cm³/mol. The van der Waals surface area contributed by atoms with Gasteiger partial charge in [0.2, 0.25) is 0 Å². The fraction of sp³-hybridized carbons (Fsp3) is 0.889. The summed E-state index contributed by atoms with van der Waals surface area (Å²) in [5.74, 6) is 0. The van der Waals surface area contributed by atoms with Crippen molar-refractivity contribution in [2.75, 3.05) is 14.1 Å². The van der Waals surface area contributed by atoms with Crippen molar-refractivity contribution in [2.24, 2.45) is 0 Å². The maximum atomic E-state index is 2.28. The zero-order valence-corrected chi connectivity index (χ0v) is 14.4. The van der Waals surface area contributed by atoms with Gasteiger partial charge in [-0.25, -0.2) is 0 Å². The van der Waals surface area contributed by atoms with Gasteiger partial charge in [0.15, 0.2) is 0 Å². The molecule has 0 saturated carbocycles. The molecule has 1 nitrogen and oxygen atoms in total. The molecule has 116 valence electrons. The van der Waals surface area contributed by atoms with E-state index in [4.69, 9.17) is 0 Å². The fourth-order valence-corrected chi connectivity index (χ4v) is 2.03. The molecule has 0 fully saturated rings. The SMILES string of the molecule is CC.CCCCCCCCCCCCC=CN(C)C. The van der Waals surface area contributed by atoms with Gasteiger partial charge < -0.3 is 4.90 Å². The molecule has 0 aliphatic rings. The Morgan fingerprint density at radius 2 is 1.11 bits per heavy atom. The van der Waals surface area contributed by atoms with Gasteiger partial charge in [0.25, 0.3) is 0 Å². The molecule has 0 amide bonds. The number of hydrogen-bond donors (Lipinski definition) is 0. The molecule has 0 aliphatic carbocycles. The monoisotopic (exact) mass is 269 g/mol. The molecule has 0 saturated heterocycles. The third kappa shape index (κ3) is 23.1. The van der Waals surface area contributed by atoms with Gasteiger partial charge in [-0.05, 0) is 19.0 Å². The third-order valence-electron chi connectivity index (χ3n) is 3.13. The van der Waals surface area contributed by atoms with E-state index in [0.717, 1.165) is 0 Å². The Morgan fingerprint density at radius 1 is 0.684 bits per heavy atom. The van der Waals surface area contributed by atoms with E-state index >= 15 is 0 Å². The quantitative estimate of drug-likeness (QED) is 0.371. The van der Waals surface area contributed by atoms with Crippen LogP contribution in [0.2, 0.25) is 0 Å². The van der Waals surface area contributed by atoms with Crippen molar-refractivity contribution < 1.29 is 0 Å². The van der Waals surface area contributed by atoms with E-state index < -0.39 is 0 Å². The predicted octanol–water partition coefficient (Wildman–Crippen LogP) is 6.40. The normalized spacial score (nSPS) is 10.4. The summed E-state index contributed by atoms with van der Waals surface area (Å²) in [6, 6.07) is 0. The smallest absolute Gasteiger partial charge is 0.00555 e. The Bertz CT molecular complexity index is 161. The van der Waals surface area contributed by atoms with Crippen molar-refractivity contribution in [2.45, 2.75) is 91.4 Å². The van der Waals surface area contributed by atoms with E-state index in [1.807, 2.05) is 13.8 Å². The lowest BCUT2D eigenvalue weighted by Gasteiger charge is -2.03. The van der Waals surface area contributed by atoms with Crippen LogP contribution in [0.15, 0.2) is 12.3 Å². The van der Waals surface area contributed by atoms with Crippen LogP contribution in [0.25, 0.3) is 0 Å². The molecular weight excluding hydrogens is 230 g/mol. The van der Waals surface area contributed by atoms with Gasteiger partial charge in [-0.15, -0.1) is 0 Å². The van der Waals surface area contributed by atoms with Gasteiger partial charge in [-0.3, -0.25) is 0 Å². The van der Waals surface area contributed by atoms with Crippen molar-refractivity contribution in [1.29, 1.82) is 0 Å². The summed E-state index contributed by atoms with van der Waals surface area (Å²) in [5, 5.41) is 0. The first-order valence-corrected chi connectivity index (χ1v) is 8.60. The summed E-state index contributed by atoms with van der Waals surface area (Å²) in [7, 11) is 4.16. The maximum Gasteiger partial charge on any atom is 0.00555 e. The molecule has 0 bridgehead atoms. The van der Waals surface area contributed by atoms with E-state index in [-0.39, 0.29) is 0 Å². The lowest BCUT2D eigenvalue weighted by atomic mass is 10.1. The lowest BCUT2D eigenvalue weighted by molar-refractivity contribution is 0.550. The highest BCUT2D eigenvalue weighted by molar-refractivity contribution is 4.78. The largest absolute Gasteiger partial charge is 0.384 e. The molecule has 0 spiro atoms. The molecule has 0 unspecified atom stereocenters. The first kappa shape index (κ1) is 20.8. The zero-order valence-electron chi connectivity index (χ0n) is 14.4. The Kier molecular flexibility index (Phi) is 21.8. The van der Waals surface area contributed by atoms with Crippen LogP contribution in [0, 0.1) is 0 Å². The van der Waals surface area contributed by atoms with Crippen LogP contribution >= 0.6 is 0 Å². The number of allylic oxidation sites excluding steroid dienone is 1. The summed E-state index contributed by atoms with van der Waals surface area (Å²) < 4.78 is 0. The molecule has 0 aromatic carbocycles. The molecule has 19 heavy (non-hydrogen) atoms. The van der Waals surface area contributed by atoms with Crippen LogP contribution in [0.4, 0.5) is 0 Å². The topological polar surface area (TPSA) is 3.24 Å². The second-order valence-corrected chi connectivity index (χ2v) is 5.32. The molecule has 0 aliphatic heterocycles. The molecular formula is C18H39N. The van der Waals surface area contributed by atoms with Crippen molar-refractivity contribution in [3.8, 4) is 0 Å². The molecule has 0 heterocycles. The van der Waals surface area contributed by atoms with Crippen molar-refractivity contribution in [3.63, 3.8) is 0 Å². The lowest BCUT2D eigenvalue weighted by Crippen LogP contribution is -1.99. The van der Waals surface area contributed by atoms with Crippen LogP contribution in [-0.2, 0) is 0 Å². The summed E-state index contributed by atoms with van der Waals surface area (Å²) in [6.45, 7) is 6.28. The van der Waals surface area contributed by atoms with Crippen molar-refractivity contribution in [1.82, 2.24) is 4.90 Å². The highest BCUT2D eigenvalue weighted by Crippen LogP contribution is 2.11. The Hall–Kier alpha value is -0.460. The van der Waals surface area contributed by atoms with E-state index in [9.17, 15) is 0 Å². The van der Waals surface area contributed by atoms with Gasteiger partial charge in [0.1, 0.15) is 0 Å². The van der Waals surface area contributed by atoms with Gasteiger partial charge >= 0.3 is 0 Å². The molecule has 0 N–H and O–H groups in total. The summed E-state index contributed by atoms with van der Waals surface area (Å²) in [4.78, 5) is 2.11. The number of rotatable bonds is 12. The average Bonchev–Trinajstić information content (AvgIpc) is 2.42. The van der Waals surface area contributed by atoms with Crippen LogP contribution in [-0.4, -0.2) is 19.0 Å². The number of unbranched alkanes of at least 4 members (excludes halogenated alkanes) is 10. The van der Waals surface area contributed by atoms with Crippen molar-refractivity contribution in [3.05, 3.63) is 12.3 Å².